The molecule has 3 amide bonds. The highest BCUT2D eigenvalue weighted by Gasteiger charge is 2.30. The minimum absolute atomic E-state index is 0.221. The van der Waals surface area contributed by atoms with Crippen LogP contribution in [0.1, 0.15) is 35.7 Å². The predicted octanol–water partition coefficient (Wildman–Crippen LogP) is 3.15. The van der Waals surface area contributed by atoms with Gasteiger partial charge in [-0.25, -0.2) is 0 Å². The molecule has 5 heteroatoms. The largest absolute Gasteiger partial charge is 0.322 e. The quantitative estimate of drug-likeness (QED) is 0.879. The van der Waals surface area contributed by atoms with Crippen molar-refractivity contribution in [2.75, 3.05) is 10.2 Å². The maximum absolute atomic E-state index is 12.4. The van der Waals surface area contributed by atoms with Gasteiger partial charge < -0.3 is 5.32 Å². The molecule has 5 nitrogen and oxygen atoms in total. The van der Waals surface area contributed by atoms with Crippen molar-refractivity contribution < 1.29 is 14.4 Å². The number of imide groups is 1. The molecule has 122 valence electrons. The molecule has 0 atom stereocenters. The number of carbonyl (C=O) groups is 3. The Kier molecular flexibility index (Phi) is 4.42. The molecule has 1 heterocycles. The highest BCUT2D eigenvalue weighted by molar-refractivity contribution is 6.20. The van der Waals surface area contributed by atoms with E-state index in [0.29, 0.717) is 11.3 Å². The van der Waals surface area contributed by atoms with Crippen LogP contribution in [-0.2, 0) is 16.0 Å². The van der Waals surface area contributed by atoms with Crippen molar-refractivity contribution in [3.63, 3.8) is 0 Å². The minimum Gasteiger partial charge on any atom is -0.322 e. The van der Waals surface area contributed by atoms with Gasteiger partial charge in [-0.05, 0) is 42.3 Å². The molecule has 1 aliphatic heterocycles. The van der Waals surface area contributed by atoms with Gasteiger partial charge in [0, 0.05) is 24.1 Å². The third kappa shape index (κ3) is 3.20. The van der Waals surface area contributed by atoms with E-state index in [9.17, 15) is 14.4 Å². The fraction of sp³-hybridized carbons (Fsp3) is 0.211. The first-order valence-electron chi connectivity index (χ1n) is 7.94. The van der Waals surface area contributed by atoms with Crippen molar-refractivity contribution in [2.24, 2.45) is 0 Å². The van der Waals surface area contributed by atoms with Gasteiger partial charge in [-0.2, -0.15) is 0 Å². The van der Waals surface area contributed by atoms with Crippen molar-refractivity contribution in [2.45, 2.75) is 26.2 Å². The lowest BCUT2D eigenvalue weighted by atomic mass is 10.1. The summed E-state index contributed by atoms with van der Waals surface area (Å²) >= 11 is 0. The number of carbonyl (C=O) groups excluding carboxylic acids is 3. The Bertz CT molecular complexity index is 798. The summed E-state index contributed by atoms with van der Waals surface area (Å²) < 4.78 is 0. The monoisotopic (exact) mass is 322 g/mol. The molecule has 0 radical (unpaired) electrons. The zero-order valence-corrected chi connectivity index (χ0v) is 13.4. The molecule has 3 rings (SSSR count). The van der Waals surface area contributed by atoms with E-state index in [1.54, 1.807) is 24.3 Å². The summed E-state index contributed by atoms with van der Waals surface area (Å²) in [6, 6.07) is 14.2. The van der Waals surface area contributed by atoms with Crippen LogP contribution in [0.3, 0.4) is 0 Å². The second-order valence-electron chi connectivity index (χ2n) is 5.68. The standard InChI is InChI=1S/C19H18N2O3/c1-2-13-5-3-7-15(11-13)20-19(24)14-6-4-8-16(12-14)21-17(22)9-10-18(21)23/h3-8,11-12H,2,9-10H2,1H3,(H,20,24). The fourth-order valence-corrected chi connectivity index (χ4v) is 2.72. The van der Waals surface area contributed by atoms with Crippen molar-refractivity contribution in [3.8, 4) is 0 Å². The molecule has 0 spiro atoms. The summed E-state index contributed by atoms with van der Waals surface area (Å²) in [7, 11) is 0. The molecule has 0 saturated carbocycles. The third-order valence-electron chi connectivity index (χ3n) is 4.01. The number of hydrogen-bond acceptors (Lipinski definition) is 3. The van der Waals surface area contributed by atoms with E-state index < -0.39 is 0 Å². The number of hydrogen-bond donors (Lipinski definition) is 1. The molecule has 0 aliphatic carbocycles. The number of anilines is 2. The van der Waals surface area contributed by atoms with Crippen LogP contribution >= 0.6 is 0 Å². The SMILES string of the molecule is CCc1cccc(NC(=O)c2cccc(N3C(=O)CCC3=O)c2)c1. The van der Waals surface area contributed by atoms with Crippen LogP contribution < -0.4 is 10.2 Å². The lowest BCUT2D eigenvalue weighted by Gasteiger charge is -2.15. The van der Waals surface area contributed by atoms with Crippen LogP contribution in [-0.4, -0.2) is 17.7 Å². The number of benzene rings is 2. The first-order valence-corrected chi connectivity index (χ1v) is 7.94. The zero-order chi connectivity index (χ0) is 17.1. The van der Waals surface area contributed by atoms with Gasteiger partial charge in [0.25, 0.3) is 5.91 Å². The van der Waals surface area contributed by atoms with Gasteiger partial charge in [0.15, 0.2) is 0 Å². The molecule has 0 unspecified atom stereocenters. The molecule has 0 aromatic heterocycles. The molecule has 1 N–H and O–H groups in total. The van der Waals surface area contributed by atoms with E-state index in [2.05, 4.69) is 12.2 Å². The van der Waals surface area contributed by atoms with Crippen LogP contribution in [0.4, 0.5) is 11.4 Å². The average molecular weight is 322 g/mol. The molecule has 2 aromatic rings. The Morgan fingerprint density at radius 3 is 2.46 bits per heavy atom. The third-order valence-corrected chi connectivity index (χ3v) is 4.01. The lowest BCUT2D eigenvalue weighted by Crippen LogP contribution is -2.28. The second kappa shape index (κ2) is 6.66. The number of aryl methyl sites for hydroxylation is 1. The van der Waals surface area contributed by atoms with Crippen molar-refractivity contribution >= 4 is 29.1 Å². The van der Waals surface area contributed by atoms with Gasteiger partial charge in [0.2, 0.25) is 11.8 Å². The summed E-state index contributed by atoms with van der Waals surface area (Å²) in [6.07, 6.45) is 1.33. The van der Waals surface area contributed by atoms with Crippen LogP contribution in [0.2, 0.25) is 0 Å². The summed E-state index contributed by atoms with van der Waals surface area (Å²) in [5.41, 5.74) is 2.70. The van der Waals surface area contributed by atoms with Gasteiger partial charge in [0.05, 0.1) is 5.69 Å². The van der Waals surface area contributed by atoms with Gasteiger partial charge >= 0.3 is 0 Å². The molecule has 0 bridgehead atoms. The van der Waals surface area contributed by atoms with Gasteiger partial charge in [-0.3, -0.25) is 19.3 Å². The van der Waals surface area contributed by atoms with Crippen molar-refractivity contribution in [1.29, 1.82) is 0 Å². The van der Waals surface area contributed by atoms with Gasteiger partial charge in [0.1, 0.15) is 0 Å². The first kappa shape index (κ1) is 15.9. The summed E-state index contributed by atoms with van der Waals surface area (Å²) in [5.74, 6) is -0.731. The summed E-state index contributed by atoms with van der Waals surface area (Å²) in [4.78, 5) is 37.3. The lowest BCUT2D eigenvalue weighted by molar-refractivity contribution is -0.121. The van der Waals surface area contributed by atoms with E-state index in [1.807, 2.05) is 24.3 Å². The molecule has 24 heavy (non-hydrogen) atoms. The summed E-state index contributed by atoms with van der Waals surface area (Å²) in [5, 5.41) is 2.85. The normalized spacial score (nSPS) is 14.1. The highest BCUT2D eigenvalue weighted by atomic mass is 16.2. The van der Waals surface area contributed by atoms with Gasteiger partial charge in [-0.1, -0.05) is 25.1 Å². The van der Waals surface area contributed by atoms with Crippen molar-refractivity contribution in [3.05, 3.63) is 59.7 Å². The first-order chi connectivity index (χ1) is 11.6. The maximum atomic E-state index is 12.4. The van der Waals surface area contributed by atoms with Gasteiger partial charge in [-0.15, -0.1) is 0 Å². The van der Waals surface area contributed by atoms with E-state index in [0.717, 1.165) is 22.6 Å². The zero-order valence-electron chi connectivity index (χ0n) is 13.4. The Labute approximate surface area is 140 Å². The topological polar surface area (TPSA) is 66.5 Å². The van der Waals surface area contributed by atoms with Crippen LogP contribution in [0.25, 0.3) is 0 Å². The molecule has 2 aromatic carbocycles. The maximum Gasteiger partial charge on any atom is 0.255 e. The summed E-state index contributed by atoms with van der Waals surface area (Å²) in [6.45, 7) is 2.05. The Morgan fingerprint density at radius 1 is 1.04 bits per heavy atom. The fourth-order valence-electron chi connectivity index (χ4n) is 2.72. The Morgan fingerprint density at radius 2 is 1.75 bits per heavy atom. The van der Waals surface area contributed by atoms with E-state index >= 15 is 0 Å². The number of rotatable bonds is 4. The Hall–Kier alpha value is -2.95. The van der Waals surface area contributed by atoms with E-state index in [-0.39, 0.29) is 30.6 Å². The molecular weight excluding hydrogens is 304 g/mol. The number of nitrogens with one attached hydrogen (secondary N) is 1. The van der Waals surface area contributed by atoms with Crippen LogP contribution in [0, 0.1) is 0 Å². The smallest absolute Gasteiger partial charge is 0.255 e. The van der Waals surface area contributed by atoms with Crippen LogP contribution in [0.5, 0.6) is 0 Å². The minimum atomic E-state index is -0.274. The number of amides is 3. The molecular formula is C19H18N2O3. The molecule has 1 aliphatic rings. The predicted molar refractivity (Wildman–Crippen MR) is 91.9 cm³/mol. The Balaban J connectivity index is 1.81. The molecule has 1 saturated heterocycles. The molecule has 1 fully saturated rings. The highest BCUT2D eigenvalue weighted by Crippen LogP contribution is 2.24. The average Bonchev–Trinajstić information content (AvgIpc) is 2.93. The van der Waals surface area contributed by atoms with E-state index in [1.165, 1.54) is 0 Å². The number of nitrogens with zero attached hydrogens (tertiary/aromatic N) is 1. The second-order valence-corrected chi connectivity index (χ2v) is 5.68. The van der Waals surface area contributed by atoms with E-state index in [4.69, 9.17) is 0 Å². The van der Waals surface area contributed by atoms with Crippen LogP contribution in [0.15, 0.2) is 48.5 Å². The van der Waals surface area contributed by atoms with Crippen molar-refractivity contribution in [1.82, 2.24) is 0 Å².